The average Bonchev–Trinajstić information content (AvgIpc) is 3.99. The molecule has 276 valence electrons. The highest BCUT2D eigenvalue weighted by molar-refractivity contribution is 9.11. The minimum absolute atomic E-state index is 0.363. The lowest BCUT2D eigenvalue weighted by atomic mass is 10.3. The molecule has 0 radical (unpaired) electrons. The highest BCUT2D eigenvalue weighted by Gasteiger charge is 2.24. The second-order valence-corrected chi connectivity index (χ2v) is 29.4. The summed E-state index contributed by atoms with van der Waals surface area (Å²) >= 11 is 19.4. The van der Waals surface area contributed by atoms with Crippen LogP contribution in [0, 0.1) is 11.8 Å². The molecule has 2 fully saturated rings. The molecule has 0 amide bonds. The number of benzene rings is 2. The van der Waals surface area contributed by atoms with Gasteiger partial charge in [0, 0.05) is 41.5 Å². The molecule has 2 aromatic carbocycles. The van der Waals surface area contributed by atoms with E-state index in [1.54, 1.807) is 0 Å². The van der Waals surface area contributed by atoms with Crippen molar-refractivity contribution in [2.75, 3.05) is 26.4 Å². The Morgan fingerprint density at radius 3 is 1.52 bits per heavy atom. The molecule has 8 nitrogen and oxygen atoms in total. The Morgan fingerprint density at radius 2 is 1.08 bits per heavy atom. The highest BCUT2D eigenvalue weighted by Crippen LogP contribution is 2.36. The van der Waals surface area contributed by atoms with Crippen molar-refractivity contribution < 1.29 is 18.9 Å². The number of hydrogen-bond acceptors (Lipinski definition) is 6. The molecule has 6 rings (SSSR count). The van der Waals surface area contributed by atoms with Gasteiger partial charge in [0.05, 0.1) is 56.0 Å². The number of fused-ring (bicyclic) bond motifs is 2. The first-order valence-corrected chi connectivity index (χ1v) is 27.7. The van der Waals surface area contributed by atoms with Crippen LogP contribution in [0.25, 0.3) is 22.1 Å². The SMILES string of the molecule is C[Si](C)(C)CCOCn1c(CCl)nc2cc(Br)c(OCC3CC3)cc21.C[Si](C)(C)CCOCn1c(CCl)nc2cc(OCC3CC3)c(Br)cc21. The van der Waals surface area contributed by atoms with Gasteiger partial charge >= 0.3 is 0 Å². The average molecular weight is 892 g/mol. The predicted octanol–water partition coefficient (Wildman–Crippen LogP) is 11.3. The zero-order chi connectivity index (χ0) is 36.1. The molecular formula is C36H52Br2Cl2N4O4Si2. The van der Waals surface area contributed by atoms with Gasteiger partial charge in [-0.2, -0.15) is 0 Å². The number of alkyl halides is 2. The summed E-state index contributed by atoms with van der Waals surface area (Å²) in [6, 6.07) is 10.4. The molecule has 0 unspecified atom stereocenters. The molecule has 0 spiro atoms. The molecule has 0 N–H and O–H groups in total. The Hall–Kier alpha value is -1.13. The number of aromatic nitrogens is 4. The van der Waals surface area contributed by atoms with Crippen LogP contribution in [0.5, 0.6) is 11.5 Å². The molecule has 0 saturated heterocycles. The van der Waals surface area contributed by atoms with Crippen LogP contribution >= 0.6 is 55.1 Å². The third-order valence-corrected chi connectivity index (χ3v) is 13.9. The summed E-state index contributed by atoms with van der Waals surface area (Å²) in [7, 11) is -2.17. The van der Waals surface area contributed by atoms with Crippen molar-refractivity contribution in [3.8, 4) is 11.5 Å². The van der Waals surface area contributed by atoms with E-state index < -0.39 is 16.1 Å². The van der Waals surface area contributed by atoms with Gasteiger partial charge in [-0.3, -0.25) is 0 Å². The summed E-state index contributed by atoms with van der Waals surface area (Å²) in [5.41, 5.74) is 3.85. The molecule has 2 aliphatic carbocycles. The number of nitrogens with zero attached hydrogens (tertiary/aromatic N) is 4. The van der Waals surface area contributed by atoms with Gasteiger partial charge in [0.25, 0.3) is 0 Å². The van der Waals surface area contributed by atoms with Gasteiger partial charge in [0.1, 0.15) is 36.6 Å². The fourth-order valence-corrected chi connectivity index (χ4v) is 7.93. The van der Waals surface area contributed by atoms with Crippen LogP contribution < -0.4 is 9.47 Å². The Morgan fingerprint density at radius 1 is 0.660 bits per heavy atom. The van der Waals surface area contributed by atoms with E-state index >= 15 is 0 Å². The molecule has 2 saturated carbocycles. The van der Waals surface area contributed by atoms with E-state index in [4.69, 9.17) is 42.1 Å². The van der Waals surface area contributed by atoms with E-state index in [1.165, 1.54) is 25.7 Å². The molecule has 2 aliphatic rings. The van der Waals surface area contributed by atoms with Crippen LogP contribution in [0.15, 0.2) is 33.2 Å². The predicted molar refractivity (Wildman–Crippen MR) is 219 cm³/mol. The third-order valence-electron chi connectivity index (χ3n) is 8.78. The minimum atomic E-state index is -1.09. The maximum absolute atomic E-state index is 6.10. The topological polar surface area (TPSA) is 72.6 Å². The number of rotatable bonds is 18. The number of hydrogen-bond donors (Lipinski definition) is 0. The Balaban J connectivity index is 0.000000194. The molecule has 14 heteroatoms. The van der Waals surface area contributed by atoms with E-state index in [0.29, 0.717) is 25.2 Å². The van der Waals surface area contributed by atoms with Gasteiger partial charge in [-0.25, -0.2) is 9.97 Å². The Kier molecular flexibility index (Phi) is 14.3. The van der Waals surface area contributed by atoms with E-state index in [-0.39, 0.29) is 0 Å². The molecule has 0 atom stereocenters. The van der Waals surface area contributed by atoms with Crippen LogP contribution in [0.2, 0.25) is 51.4 Å². The summed E-state index contributed by atoms with van der Waals surface area (Å²) in [6.07, 6.45) is 5.11. The summed E-state index contributed by atoms with van der Waals surface area (Å²) in [4.78, 5) is 9.30. The van der Waals surface area contributed by atoms with Crippen LogP contribution in [-0.2, 0) is 34.7 Å². The van der Waals surface area contributed by atoms with E-state index in [0.717, 1.165) is 105 Å². The zero-order valence-electron chi connectivity index (χ0n) is 30.3. The lowest BCUT2D eigenvalue weighted by molar-refractivity contribution is 0.0882. The lowest BCUT2D eigenvalue weighted by Crippen LogP contribution is -2.22. The van der Waals surface area contributed by atoms with E-state index in [2.05, 4.69) is 96.3 Å². The molecule has 2 heterocycles. The molecule has 0 bridgehead atoms. The maximum Gasteiger partial charge on any atom is 0.135 e. The summed E-state index contributed by atoms with van der Waals surface area (Å²) in [5, 5.41) is 0. The van der Waals surface area contributed by atoms with Crippen molar-refractivity contribution in [1.82, 2.24) is 19.1 Å². The van der Waals surface area contributed by atoms with Crippen molar-refractivity contribution >= 4 is 93.3 Å². The Bertz CT molecular complexity index is 1730. The standard InChI is InChI=1S/2C18H26BrClN2O2Si/c1-25(2,3)7-6-23-12-22-16-8-14(19)17(24-11-13-4-5-13)9-15(16)21-18(22)10-20;1-25(2,3)7-6-23-12-22-16-9-17(24-11-13-4-5-13)14(19)8-15(16)21-18(22)10-20/h2*8-9,13H,4-7,10-12H2,1-3H3. The van der Waals surface area contributed by atoms with Crippen molar-refractivity contribution in [3.63, 3.8) is 0 Å². The fraction of sp³-hybridized carbons (Fsp3) is 0.611. The van der Waals surface area contributed by atoms with Crippen LogP contribution in [0.4, 0.5) is 0 Å². The number of halogens is 4. The summed E-state index contributed by atoms with van der Waals surface area (Å²) in [6.45, 7) is 18.2. The maximum atomic E-state index is 6.10. The first-order chi connectivity index (χ1) is 23.7. The summed E-state index contributed by atoms with van der Waals surface area (Å²) < 4.78 is 29.8. The molecule has 0 aliphatic heterocycles. The summed E-state index contributed by atoms with van der Waals surface area (Å²) in [5.74, 6) is 5.54. The van der Waals surface area contributed by atoms with Crippen molar-refractivity contribution in [1.29, 1.82) is 0 Å². The van der Waals surface area contributed by atoms with Gasteiger partial charge in [0.15, 0.2) is 0 Å². The van der Waals surface area contributed by atoms with E-state index in [1.807, 2.05) is 18.2 Å². The fourth-order valence-electron chi connectivity index (χ4n) is 5.12. The largest absolute Gasteiger partial charge is 0.492 e. The quantitative estimate of drug-likeness (QED) is 0.0563. The zero-order valence-corrected chi connectivity index (χ0v) is 37.0. The highest BCUT2D eigenvalue weighted by atomic mass is 79.9. The second kappa shape index (κ2) is 17.8. The monoisotopic (exact) mass is 888 g/mol. The lowest BCUT2D eigenvalue weighted by Gasteiger charge is -2.16. The molecule has 4 aromatic rings. The van der Waals surface area contributed by atoms with Crippen molar-refractivity contribution in [2.45, 2.75) is 102 Å². The van der Waals surface area contributed by atoms with Crippen LogP contribution in [0.1, 0.15) is 37.3 Å². The van der Waals surface area contributed by atoms with Crippen molar-refractivity contribution in [3.05, 3.63) is 44.9 Å². The number of ether oxygens (including phenoxy) is 4. The number of imidazole rings is 2. The van der Waals surface area contributed by atoms with Gasteiger partial charge in [0.2, 0.25) is 0 Å². The molecular weight excluding hydrogens is 839 g/mol. The molecule has 50 heavy (non-hydrogen) atoms. The second-order valence-electron chi connectivity index (χ2n) is 15.9. The molecule has 2 aromatic heterocycles. The van der Waals surface area contributed by atoms with Gasteiger partial charge in [-0.05, 0) is 93.6 Å². The van der Waals surface area contributed by atoms with Gasteiger partial charge in [-0.1, -0.05) is 39.3 Å². The van der Waals surface area contributed by atoms with E-state index in [9.17, 15) is 0 Å². The first-order valence-electron chi connectivity index (χ1n) is 17.6. The normalized spacial score (nSPS) is 15.1. The smallest absolute Gasteiger partial charge is 0.135 e. The van der Waals surface area contributed by atoms with Gasteiger partial charge in [-0.15, -0.1) is 23.2 Å². The van der Waals surface area contributed by atoms with Crippen LogP contribution in [-0.4, -0.2) is 61.7 Å². The third kappa shape index (κ3) is 11.9. The first kappa shape index (κ1) is 40.1. The van der Waals surface area contributed by atoms with Crippen molar-refractivity contribution in [2.24, 2.45) is 11.8 Å². The minimum Gasteiger partial charge on any atom is -0.492 e. The Labute approximate surface area is 326 Å². The van der Waals surface area contributed by atoms with Gasteiger partial charge < -0.3 is 28.1 Å². The van der Waals surface area contributed by atoms with Crippen LogP contribution in [0.3, 0.4) is 0 Å².